The Hall–Kier alpha value is -4.98. The van der Waals surface area contributed by atoms with Crippen LogP contribution in [0, 0.1) is 12.3 Å². The van der Waals surface area contributed by atoms with Crippen molar-refractivity contribution in [2.24, 2.45) is 11.5 Å². The van der Waals surface area contributed by atoms with E-state index in [4.69, 9.17) is 16.9 Å². The van der Waals surface area contributed by atoms with E-state index in [1.165, 1.54) is 18.2 Å². The maximum absolute atomic E-state index is 13.5. The molecule has 2 amide bonds. The van der Waals surface area contributed by atoms with Gasteiger partial charge in [-0.3, -0.25) is 15.0 Å². The molecule has 1 aliphatic heterocycles. The first-order chi connectivity index (χ1) is 22.4. The maximum Gasteiger partial charge on any atom is 0.337 e. The van der Waals surface area contributed by atoms with Crippen molar-refractivity contribution in [1.29, 1.82) is 5.41 Å². The van der Waals surface area contributed by atoms with Gasteiger partial charge in [0.05, 0.1) is 22.1 Å². The van der Waals surface area contributed by atoms with Crippen molar-refractivity contribution in [2.75, 3.05) is 25.0 Å². The minimum absolute atomic E-state index is 0. The molecule has 2 unspecified atom stereocenters. The van der Waals surface area contributed by atoms with Crippen LogP contribution in [0.4, 0.5) is 5.69 Å². The third-order valence-electron chi connectivity index (χ3n) is 8.58. The molecule has 0 aromatic heterocycles. The van der Waals surface area contributed by atoms with Gasteiger partial charge in [-0.05, 0) is 77.6 Å². The maximum atomic E-state index is 13.5. The molecule has 252 valence electrons. The molecule has 0 saturated carbocycles. The standard InChI is InChI=1S/C34H36N6O6S.ClH/c1-20-26(24-12-7-15-40(19-24)34(36)37)17-27(33(43)44)30(39-32(42)22-9-3-2-4-10-22)29(20)28(31(35)41)18-38-47(45,46)25-14-13-21-8-5-6-11-23(21)16-25;/h2-6,8-11,13-14,16-17,24,28,38H,7,12,15,18-19H2,1H3,(H2,35,41)(H3,36,37)(H,39,42)(H,43,44);1H. The highest BCUT2D eigenvalue weighted by atomic mass is 35.5. The van der Waals surface area contributed by atoms with Crippen LogP contribution < -0.4 is 21.5 Å². The lowest BCUT2D eigenvalue weighted by molar-refractivity contribution is -0.119. The monoisotopic (exact) mass is 692 g/mol. The normalized spacial score (nSPS) is 15.3. The number of sulfonamides is 1. The number of rotatable bonds is 10. The van der Waals surface area contributed by atoms with Gasteiger partial charge < -0.3 is 26.8 Å². The van der Waals surface area contributed by atoms with Crippen LogP contribution in [0.25, 0.3) is 10.8 Å². The molecular weight excluding hydrogens is 656 g/mol. The number of nitrogens with two attached hydrogens (primary N) is 2. The summed E-state index contributed by atoms with van der Waals surface area (Å²) < 4.78 is 29.5. The van der Waals surface area contributed by atoms with Crippen molar-refractivity contribution in [3.05, 3.63) is 107 Å². The molecule has 4 aromatic rings. The topological polar surface area (TPSA) is 209 Å². The number of amides is 2. The SMILES string of the molecule is Cc1c(C2CCCN(C(=N)N)C2)cc(C(=O)O)c(NC(=O)c2ccccc2)c1C(CNS(=O)(=O)c1ccc2ccccc2c1)C(N)=O.Cl. The molecule has 12 nitrogen and oxygen atoms in total. The molecule has 1 heterocycles. The minimum atomic E-state index is -4.16. The average Bonchev–Trinajstić information content (AvgIpc) is 3.05. The molecular formula is C34H37ClN6O6S. The number of piperidine rings is 1. The van der Waals surface area contributed by atoms with Crippen LogP contribution in [0.15, 0.2) is 83.8 Å². The molecule has 48 heavy (non-hydrogen) atoms. The highest BCUT2D eigenvalue weighted by Gasteiger charge is 2.33. The number of nitrogens with one attached hydrogen (secondary N) is 3. The Balaban J connectivity index is 0.00000520. The zero-order valence-corrected chi connectivity index (χ0v) is 27.7. The number of likely N-dealkylation sites (tertiary alicyclic amines) is 1. The van der Waals surface area contributed by atoms with E-state index < -0.39 is 40.3 Å². The number of hydrogen-bond acceptors (Lipinski definition) is 6. The Morgan fingerprint density at radius 3 is 2.31 bits per heavy atom. The molecule has 2 atom stereocenters. The third-order valence-corrected chi connectivity index (χ3v) is 10.0. The second kappa shape index (κ2) is 14.8. The molecule has 0 aliphatic carbocycles. The summed E-state index contributed by atoms with van der Waals surface area (Å²) in [4.78, 5) is 41.0. The number of carboxylic acid groups (broad SMARTS) is 1. The first-order valence-corrected chi connectivity index (χ1v) is 16.5. The van der Waals surface area contributed by atoms with Crippen LogP contribution >= 0.6 is 12.4 Å². The number of halogens is 1. The van der Waals surface area contributed by atoms with Gasteiger partial charge in [0.15, 0.2) is 5.96 Å². The van der Waals surface area contributed by atoms with Crippen molar-refractivity contribution in [3.63, 3.8) is 0 Å². The molecule has 1 saturated heterocycles. The van der Waals surface area contributed by atoms with E-state index in [0.717, 1.165) is 5.39 Å². The first-order valence-electron chi connectivity index (χ1n) is 15.0. The summed E-state index contributed by atoms with van der Waals surface area (Å²) in [6.45, 7) is 2.08. The van der Waals surface area contributed by atoms with Gasteiger partial charge in [0, 0.05) is 31.1 Å². The number of guanidine groups is 1. The van der Waals surface area contributed by atoms with E-state index in [-0.39, 0.29) is 51.6 Å². The number of fused-ring (bicyclic) bond motifs is 1. The summed E-state index contributed by atoms with van der Waals surface area (Å²) in [5.41, 5.74) is 12.6. The zero-order valence-electron chi connectivity index (χ0n) is 26.1. The number of anilines is 1. The molecule has 4 aromatic carbocycles. The summed E-state index contributed by atoms with van der Waals surface area (Å²) >= 11 is 0. The largest absolute Gasteiger partial charge is 0.478 e. The van der Waals surface area contributed by atoms with Crippen molar-refractivity contribution < 1.29 is 27.9 Å². The van der Waals surface area contributed by atoms with Gasteiger partial charge in [0.1, 0.15) is 0 Å². The average molecular weight is 693 g/mol. The van der Waals surface area contributed by atoms with E-state index >= 15 is 0 Å². The third kappa shape index (κ3) is 7.59. The van der Waals surface area contributed by atoms with Crippen LogP contribution in [0.2, 0.25) is 0 Å². The zero-order chi connectivity index (χ0) is 33.9. The fraction of sp³-hybridized carbons (Fsp3) is 0.235. The summed E-state index contributed by atoms with van der Waals surface area (Å²) in [6.07, 6.45) is 1.33. The number of benzene rings is 4. The predicted octanol–water partition coefficient (Wildman–Crippen LogP) is 4.14. The van der Waals surface area contributed by atoms with E-state index in [1.807, 2.05) is 12.1 Å². The van der Waals surface area contributed by atoms with E-state index in [0.29, 0.717) is 42.4 Å². The van der Waals surface area contributed by atoms with Gasteiger partial charge in [-0.15, -0.1) is 12.4 Å². The highest BCUT2D eigenvalue weighted by Crippen LogP contribution is 2.39. The Labute approximate surface area is 284 Å². The number of carboxylic acids is 1. The summed E-state index contributed by atoms with van der Waals surface area (Å²) in [6, 6.07) is 21.5. The lowest BCUT2D eigenvalue weighted by Gasteiger charge is -2.35. The number of aromatic carboxylic acids is 1. The molecule has 8 N–H and O–H groups in total. The molecule has 0 bridgehead atoms. The minimum Gasteiger partial charge on any atom is -0.478 e. The van der Waals surface area contributed by atoms with Gasteiger partial charge in [0.2, 0.25) is 15.9 Å². The Bertz CT molecular complexity index is 1990. The van der Waals surface area contributed by atoms with Gasteiger partial charge in [0.25, 0.3) is 5.91 Å². The molecule has 14 heteroatoms. The lowest BCUT2D eigenvalue weighted by Crippen LogP contribution is -2.43. The van der Waals surface area contributed by atoms with E-state index in [9.17, 15) is 27.9 Å². The summed E-state index contributed by atoms with van der Waals surface area (Å²) in [7, 11) is -4.16. The second-order valence-electron chi connectivity index (χ2n) is 11.5. The van der Waals surface area contributed by atoms with Crippen molar-refractivity contribution >= 4 is 62.6 Å². The van der Waals surface area contributed by atoms with Gasteiger partial charge in [-0.1, -0.05) is 48.5 Å². The molecule has 5 rings (SSSR count). The fourth-order valence-electron chi connectivity index (χ4n) is 6.17. The summed E-state index contributed by atoms with van der Waals surface area (Å²) in [5, 5.41) is 22.6. The summed E-state index contributed by atoms with van der Waals surface area (Å²) in [5.74, 6) is -4.67. The molecule has 1 aliphatic rings. The molecule has 1 fully saturated rings. The van der Waals surface area contributed by atoms with Gasteiger partial charge >= 0.3 is 5.97 Å². The van der Waals surface area contributed by atoms with E-state index in [2.05, 4.69) is 10.0 Å². The number of hydrogen-bond donors (Lipinski definition) is 6. The van der Waals surface area contributed by atoms with Crippen LogP contribution in [-0.2, 0) is 14.8 Å². The number of nitrogens with zero attached hydrogens (tertiary/aromatic N) is 1. The number of primary amides is 1. The smallest absolute Gasteiger partial charge is 0.337 e. The van der Waals surface area contributed by atoms with Crippen LogP contribution in [0.3, 0.4) is 0 Å². The van der Waals surface area contributed by atoms with E-state index in [1.54, 1.807) is 60.4 Å². The highest BCUT2D eigenvalue weighted by molar-refractivity contribution is 7.89. The lowest BCUT2D eigenvalue weighted by atomic mass is 9.80. The van der Waals surface area contributed by atoms with Crippen LogP contribution in [0.5, 0.6) is 0 Å². The fourth-order valence-corrected chi connectivity index (χ4v) is 7.25. The Kier molecular flexibility index (Phi) is 11.1. The van der Waals surface area contributed by atoms with Crippen molar-refractivity contribution in [2.45, 2.75) is 36.5 Å². The van der Waals surface area contributed by atoms with Gasteiger partial charge in [-0.25, -0.2) is 17.9 Å². The van der Waals surface area contributed by atoms with Crippen molar-refractivity contribution in [3.8, 4) is 0 Å². The number of carbonyl (C=O) groups is 3. The predicted molar refractivity (Wildman–Crippen MR) is 186 cm³/mol. The van der Waals surface area contributed by atoms with Crippen LogP contribution in [0.1, 0.15) is 62.1 Å². The molecule has 0 radical (unpaired) electrons. The molecule has 0 spiro atoms. The second-order valence-corrected chi connectivity index (χ2v) is 13.3. The quantitative estimate of drug-likeness (QED) is 0.105. The number of carbonyl (C=O) groups excluding carboxylic acids is 2. The van der Waals surface area contributed by atoms with Gasteiger partial charge in [-0.2, -0.15) is 0 Å². The van der Waals surface area contributed by atoms with Crippen LogP contribution in [-0.4, -0.2) is 61.8 Å². The Morgan fingerprint density at radius 2 is 1.67 bits per heavy atom. The van der Waals surface area contributed by atoms with Crippen molar-refractivity contribution in [1.82, 2.24) is 9.62 Å². The first kappa shape index (κ1) is 35.9. The Morgan fingerprint density at radius 1 is 1.00 bits per heavy atom.